The molecule has 0 atom stereocenters. The number of benzene rings is 2. The van der Waals surface area contributed by atoms with E-state index in [1.54, 1.807) is 6.33 Å². The Morgan fingerprint density at radius 2 is 1.86 bits per heavy atom. The molecule has 3 heterocycles. The molecule has 0 aliphatic carbocycles. The van der Waals surface area contributed by atoms with E-state index < -0.39 is 0 Å². The van der Waals surface area contributed by atoms with Crippen molar-refractivity contribution in [2.45, 2.75) is 33.5 Å². The Hall–Kier alpha value is -3.31. The van der Waals surface area contributed by atoms with Gasteiger partial charge in [0.2, 0.25) is 0 Å². The Morgan fingerprint density at radius 3 is 2.79 bits per heavy atom. The largest absolute Gasteiger partial charge is 0.339 e. The lowest BCUT2D eigenvalue weighted by Crippen LogP contribution is -2.16. The molecule has 0 spiro atoms. The normalized spacial score (nSPS) is 13.6. The molecule has 2 aromatic carbocycles. The Bertz CT molecular complexity index is 1200. The molecule has 4 aromatic rings. The van der Waals surface area contributed by atoms with Crippen LogP contribution in [0.3, 0.4) is 0 Å². The van der Waals surface area contributed by atoms with E-state index >= 15 is 0 Å². The second-order valence-electron chi connectivity index (χ2n) is 7.76. The summed E-state index contributed by atoms with van der Waals surface area (Å²) in [6.45, 7) is 6.92. The first-order valence-corrected chi connectivity index (χ1v) is 9.89. The maximum absolute atomic E-state index is 4.54. The highest BCUT2D eigenvalue weighted by atomic mass is 15.2. The van der Waals surface area contributed by atoms with Crippen molar-refractivity contribution in [1.82, 2.24) is 19.9 Å². The van der Waals surface area contributed by atoms with Gasteiger partial charge in [-0.1, -0.05) is 42.0 Å². The molecule has 0 saturated carbocycles. The number of fused-ring (bicyclic) bond motifs is 2. The van der Waals surface area contributed by atoms with Crippen LogP contribution in [0.1, 0.15) is 27.9 Å². The fraction of sp³-hybridized carbons (Fsp3) is 0.208. The summed E-state index contributed by atoms with van der Waals surface area (Å²) in [5.74, 6) is 0.871. The predicted octanol–water partition coefficient (Wildman–Crippen LogP) is 4.90. The first-order valence-electron chi connectivity index (χ1n) is 9.89. The summed E-state index contributed by atoms with van der Waals surface area (Å²) in [4.78, 5) is 16.0. The number of nitrogens with zero attached hydrogens (tertiary/aromatic N) is 4. The molecule has 1 aliphatic heterocycles. The molecule has 0 amide bonds. The van der Waals surface area contributed by atoms with Crippen LogP contribution >= 0.6 is 0 Å². The van der Waals surface area contributed by atoms with Crippen LogP contribution in [-0.4, -0.2) is 19.9 Å². The van der Waals surface area contributed by atoms with Gasteiger partial charge < -0.3 is 5.32 Å². The third-order valence-corrected chi connectivity index (χ3v) is 5.54. The molecule has 2 aromatic heterocycles. The number of hydrogen-bond acceptors (Lipinski definition) is 5. The van der Waals surface area contributed by atoms with Crippen molar-refractivity contribution in [3.63, 3.8) is 0 Å². The van der Waals surface area contributed by atoms with Gasteiger partial charge in [-0.3, -0.25) is 9.88 Å². The monoisotopic (exact) mass is 381 g/mol. The minimum absolute atomic E-state index is 0.840. The van der Waals surface area contributed by atoms with Crippen LogP contribution in [-0.2, 0) is 19.6 Å². The van der Waals surface area contributed by atoms with Gasteiger partial charge in [0.15, 0.2) is 0 Å². The van der Waals surface area contributed by atoms with Gasteiger partial charge in [0.25, 0.3) is 0 Å². The first-order chi connectivity index (χ1) is 14.2. The van der Waals surface area contributed by atoms with Gasteiger partial charge in [0.05, 0.1) is 23.1 Å². The second-order valence-corrected chi connectivity index (χ2v) is 7.76. The third-order valence-electron chi connectivity index (χ3n) is 5.54. The van der Waals surface area contributed by atoms with Crippen molar-refractivity contribution < 1.29 is 0 Å². The molecule has 1 aliphatic rings. The number of nitrogens with one attached hydrogen (secondary N) is 1. The van der Waals surface area contributed by atoms with E-state index in [1.165, 1.54) is 22.3 Å². The molecular weight excluding hydrogens is 358 g/mol. The molecule has 0 bridgehead atoms. The second kappa shape index (κ2) is 7.26. The van der Waals surface area contributed by atoms with E-state index in [0.717, 1.165) is 47.7 Å². The summed E-state index contributed by atoms with van der Waals surface area (Å²) in [5.41, 5.74) is 8.21. The van der Waals surface area contributed by atoms with Crippen molar-refractivity contribution in [3.05, 3.63) is 89.0 Å². The fourth-order valence-electron chi connectivity index (χ4n) is 3.95. The van der Waals surface area contributed by atoms with Crippen molar-refractivity contribution in [1.29, 1.82) is 0 Å². The molecule has 0 radical (unpaired) electrons. The highest BCUT2D eigenvalue weighted by Gasteiger charge is 2.24. The van der Waals surface area contributed by atoms with Crippen molar-refractivity contribution >= 4 is 22.4 Å². The minimum atomic E-state index is 0.840. The summed E-state index contributed by atoms with van der Waals surface area (Å²) in [6.07, 6.45) is 3.51. The van der Waals surface area contributed by atoms with Crippen LogP contribution in [0.25, 0.3) is 10.9 Å². The summed E-state index contributed by atoms with van der Waals surface area (Å²) < 4.78 is 0. The number of para-hydroxylation sites is 1. The van der Waals surface area contributed by atoms with Gasteiger partial charge in [-0.15, -0.1) is 0 Å². The predicted molar refractivity (Wildman–Crippen MR) is 116 cm³/mol. The van der Waals surface area contributed by atoms with E-state index in [-0.39, 0.29) is 0 Å². The van der Waals surface area contributed by atoms with Crippen molar-refractivity contribution in [3.8, 4) is 0 Å². The highest BCUT2D eigenvalue weighted by molar-refractivity contribution is 5.82. The van der Waals surface area contributed by atoms with Crippen LogP contribution in [0.4, 0.5) is 11.5 Å². The number of aromatic nitrogens is 3. The lowest BCUT2D eigenvalue weighted by atomic mass is 10.1. The Morgan fingerprint density at radius 1 is 0.966 bits per heavy atom. The van der Waals surface area contributed by atoms with Crippen LogP contribution in [0.5, 0.6) is 0 Å². The maximum Gasteiger partial charge on any atom is 0.138 e. The molecule has 5 rings (SSSR count). The molecule has 0 unspecified atom stereocenters. The third kappa shape index (κ3) is 3.57. The zero-order valence-corrected chi connectivity index (χ0v) is 16.7. The Labute approximate surface area is 170 Å². The van der Waals surface area contributed by atoms with Gasteiger partial charge in [0, 0.05) is 30.6 Å². The van der Waals surface area contributed by atoms with Gasteiger partial charge in [-0.05, 0) is 37.1 Å². The van der Waals surface area contributed by atoms with Crippen LogP contribution in [0, 0.1) is 13.8 Å². The summed E-state index contributed by atoms with van der Waals surface area (Å²) >= 11 is 0. The van der Waals surface area contributed by atoms with E-state index in [4.69, 9.17) is 0 Å². The van der Waals surface area contributed by atoms with Crippen molar-refractivity contribution in [2.75, 3.05) is 5.32 Å². The van der Waals surface area contributed by atoms with Gasteiger partial charge in [-0.2, -0.15) is 0 Å². The number of hydrogen-bond donors (Lipinski definition) is 1. The highest BCUT2D eigenvalue weighted by Crippen LogP contribution is 2.30. The Kier molecular flexibility index (Phi) is 4.45. The standard InChI is InChI=1S/C24H23N5/c1-16-7-8-17(2)19(9-16)12-29-13-21-23(14-29)26-15-27-24(21)28-20-10-18-5-3-4-6-22(18)25-11-20/h3-11,15H,12-14H2,1-2H3,(H,26,27,28). The zero-order chi connectivity index (χ0) is 19.8. The summed E-state index contributed by atoms with van der Waals surface area (Å²) in [7, 11) is 0. The number of pyridine rings is 1. The minimum Gasteiger partial charge on any atom is -0.339 e. The molecule has 5 heteroatoms. The number of aryl methyl sites for hydroxylation is 2. The lowest BCUT2D eigenvalue weighted by molar-refractivity contribution is 0.273. The average Bonchev–Trinajstić information content (AvgIpc) is 3.14. The molecule has 0 saturated heterocycles. The molecule has 0 fully saturated rings. The molecular formula is C24H23N5. The number of rotatable bonds is 4. The fourth-order valence-corrected chi connectivity index (χ4v) is 3.95. The first kappa shape index (κ1) is 17.8. The van der Waals surface area contributed by atoms with E-state index in [0.29, 0.717) is 0 Å². The smallest absolute Gasteiger partial charge is 0.138 e. The van der Waals surface area contributed by atoms with Crippen molar-refractivity contribution in [2.24, 2.45) is 0 Å². The van der Waals surface area contributed by atoms with Gasteiger partial charge in [0.1, 0.15) is 12.1 Å². The van der Waals surface area contributed by atoms with Crippen LogP contribution < -0.4 is 5.32 Å². The SMILES string of the molecule is Cc1ccc(C)c(CN2Cc3ncnc(Nc4cnc5ccccc5c4)c3C2)c1. The van der Waals surface area contributed by atoms with E-state index in [9.17, 15) is 0 Å². The van der Waals surface area contributed by atoms with Crippen LogP contribution in [0.2, 0.25) is 0 Å². The quantitative estimate of drug-likeness (QED) is 0.545. The Balaban J connectivity index is 1.38. The molecule has 29 heavy (non-hydrogen) atoms. The van der Waals surface area contributed by atoms with Gasteiger partial charge in [-0.25, -0.2) is 9.97 Å². The van der Waals surface area contributed by atoms with E-state index in [1.807, 2.05) is 24.4 Å². The lowest BCUT2D eigenvalue weighted by Gasteiger charge is -2.17. The van der Waals surface area contributed by atoms with Gasteiger partial charge >= 0.3 is 0 Å². The molecule has 5 nitrogen and oxygen atoms in total. The topological polar surface area (TPSA) is 53.9 Å². The average molecular weight is 381 g/mol. The summed E-state index contributed by atoms with van der Waals surface area (Å²) in [6, 6.07) is 16.9. The van der Waals surface area contributed by atoms with E-state index in [2.05, 4.69) is 69.3 Å². The molecule has 144 valence electrons. The number of anilines is 2. The maximum atomic E-state index is 4.54. The summed E-state index contributed by atoms with van der Waals surface area (Å²) in [5, 5.41) is 4.57. The molecule has 1 N–H and O–H groups in total. The van der Waals surface area contributed by atoms with Crippen LogP contribution in [0.15, 0.2) is 61.1 Å². The zero-order valence-electron chi connectivity index (χ0n) is 16.7.